The Balaban J connectivity index is 2.54. The van der Waals surface area contributed by atoms with Crippen LogP contribution in [0.4, 0.5) is 0 Å². The SMILES string of the molecule is C/C(=C\CO)CC/C=C(\C)C(=O)OC/C=C(\C)[C@H](O)C/C=C(\C)C(=O)O[C@@H]1O[C@H](CO)[C@@H](O)[C@H](O)[C@H]1O. The van der Waals surface area contributed by atoms with E-state index in [1.807, 2.05) is 6.92 Å². The van der Waals surface area contributed by atoms with Crippen LogP contribution < -0.4 is 0 Å². The van der Waals surface area contributed by atoms with Crippen LogP contribution in [0.15, 0.2) is 46.6 Å². The van der Waals surface area contributed by atoms with Crippen LogP contribution >= 0.6 is 0 Å². The first-order valence-corrected chi connectivity index (χ1v) is 12.1. The fraction of sp³-hybridized carbons (Fsp3) is 0.615. The molecule has 6 N–H and O–H groups in total. The van der Waals surface area contributed by atoms with E-state index in [2.05, 4.69) is 0 Å². The van der Waals surface area contributed by atoms with Crippen molar-refractivity contribution in [3.63, 3.8) is 0 Å². The molecule has 11 heteroatoms. The van der Waals surface area contributed by atoms with Gasteiger partial charge in [-0.05, 0) is 58.6 Å². The average molecular weight is 529 g/mol. The summed E-state index contributed by atoms with van der Waals surface area (Å²) < 4.78 is 15.4. The number of ether oxygens (including phenoxy) is 3. The van der Waals surface area contributed by atoms with E-state index in [1.54, 1.807) is 32.1 Å². The van der Waals surface area contributed by atoms with E-state index in [-0.39, 0.29) is 25.2 Å². The minimum Gasteiger partial charge on any atom is -0.458 e. The molecule has 0 spiro atoms. The molecule has 0 aliphatic carbocycles. The molecular weight excluding hydrogens is 488 g/mol. The minimum absolute atomic E-state index is 0.0182. The Morgan fingerprint density at radius 3 is 2.16 bits per heavy atom. The Morgan fingerprint density at radius 2 is 1.54 bits per heavy atom. The van der Waals surface area contributed by atoms with Gasteiger partial charge in [-0.15, -0.1) is 0 Å². The molecule has 1 saturated heterocycles. The summed E-state index contributed by atoms with van der Waals surface area (Å²) in [5, 5.41) is 57.9. The lowest BCUT2D eigenvalue weighted by Gasteiger charge is -2.39. The molecule has 0 unspecified atom stereocenters. The van der Waals surface area contributed by atoms with Crippen LogP contribution in [0.5, 0.6) is 0 Å². The van der Waals surface area contributed by atoms with Gasteiger partial charge in [0, 0.05) is 11.1 Å². The largest absolute Gasteiger partial charge is 0.458 e. The first kappa shape index (κ1) is 32.6. The Labute approximate surface area is 217 Å². The molecule has 1 heterocycles. The Kier molecular flexibility index (Phi) is 14.5. The van der Waals surface area contributed by atoms with Crippen molar-refractivity contribution in [2.24, 2.45) is 0 Å². The van der Waals surface area contributed by atoms with Crippen molar-refractivity contribution < 1.29 is 54.4 Å². The Morgan fingerprint density at radius 1 is 0.892 bits per heavy atom. The van der Waals surface area contributed by atoms with Gasteiger partial charge in [0.25, 0.3) is 0 Å². The second-order valence-corrected chi connectivity index (χ2v) is 8.95. The molecule has 1 fully saturated rings. The monoisotopic (exact) mass is 528 g/mol. The summed E-state index contributed by atoms with van der Waals surface area (Å²) in [5.74, 6) is -1.36. The molecule has 0 aromatic heterocycles. The van der Waals surface area contributed by atoms with Crippen LogP contribution in [0.2, 0.25) is 0 Å². The maximum atomic E-state index is 12.3. The topological polar surface area (TPSA) is 183 Å². The van der Waals surface area contributed by atoms with Crippen molar-refractivity contribution in [1.29, 1.82) is 0 Å². The predicted molar refractivity (Wildman–Crippen MR) is 133 cm³/mol. The van der Waals surface area contributed by atoms with Gasteiger partial charge in [-0.3, -0.25) is 0 Å². The molecule has 0 amide bonds. The molecule has 0 aromatic rings. The smallest absolute Gasteiger partial charge is 0.335 e. The summed E-state index contributed by atoms with van der Waals surface area (Å²) in [7, 11) is 0. The quantitative estimate of drug-likeness (QED) is 0.109. The molecule has 0 saturated carbocycles. The molecule has 0 radical (unpaired) electrons. The molecule has 6 atom stereocenters. The van der Waals surface area contributed by atoms with Gasteiger partial charge in [-0.25, -0.2) is 9.59 Å². The number of carbonyl (C=O) groups excluding carboxylic acids is 2. The van der Waals surface area contributed by atoms with Crippen LogP contribution in [-0.4, -0.2) is 99.2 Å². The molecule has 1 aliphatic rings. The number of esters is 2. The minimum atomic E-state index is -1.71. The predicted octanol–water partition coefficient (Wildman–Crippen LogP) is 0.181. The number of rotatable bonds is 13. The van der Waals surface area contributed by atoms with Gasteiger partial charge in [-0.2, -0.15) is 0 Å². The maximum absolute atomic E-state index is 12.3. The number of hydrogen-bond acceptors (Lipinski definition) is 11. The molecular formula is C26H40O11. The summed E-state index contributed by atoms with van der Waals surface area (Å²) in [6.07, 6.45) is -0.863. The number of hydrogen-bond donors (Lipinski definition) is 6. The third kappa shape index (κ3) is 10.9. The van der Waals surface area contributed by atoms with Crippen LogP contribution in [0.1, 0.15) is 47.0 Å². The van der Waals surface area contributed by atoms with Crippen LogP contribution in [0.3, 0.4) is 0 Å². The summed E-state index contributed by atoms with van der Waals surface area (Å²) in [4.78, 5) is 24.4. The molecule has 1 rings (SSSR count). The van der Waals surface area contributed by atoms with E-state index in [0.29, 0.717) is 17.6 Å². The third-order valence-corrected chi connectivity index (χ3v) is 5.94. The highest BCUT2D eigenvalue weighted by atomic mass is 16.7. The molecule has 11 nitrogen and oxygen atoms in total. The van der Waals surface area contributed by atoms with Gasteiger partial charge >= 0.3 is 11.9 Å². The van der Waals surface area contributed by atoms with E-state index >= 15 is 0 Å². The third-order valence-electron chi connectivity index (χ3n) is 5.94. The highest BCUT2D eigenvalue weighted by Gasteiger charge is 2.45. The van der Waals surface area contributed by atoms with E-state index in [1.165, 1.54) is 13.0 Å². The van der Waals surface area contributed by atoms with Crippen molar-refractivity contribution >= 4 is 11.9 Å². The number of aliphatic hydroxyl groups excluding tert-OH is 6. The highest BCUT2D eigenvalue weighted by Crippen LogP contribution is 2.23. The van der Waals surface area contributed by atoms with Crippen LogP contribution in [0.25, 0.3) is 0 Å². The van der Waals surface area contributed by atoms with Crippen molar-refractivity contribution in [2.45, 2.75) is 83.8 Å². The Bertz CT molecular complexity index is 872. The molecule has 0 aromatic carbocycles. The van der Waals surface area contributed by atoms with Crippen LogP contribution in [-0.2, 0) is 23.8 Å². The average Bonchev–Trinajstić information content (AvgIpc) is 2.86. The van der Waals surface area contributed by atoms with E-state index in [0.717, 1.165) is 12.0 Å². The maximum Gasteiger partial charge on any atom is 0.335 e. The first-order valence-electron chi connectivity index (χ1n) is 12.1. The zero-order valence-corrected chi connectivity index (χ0v) is 21.7. The lowest BCUT2D eigenvalue weighted by atomic mass is 9.99. The van der Waals surface area contributed by atoms with E-state index in [4.69, 9.17) is 19.3 Å². The standard InChI is InChI=1S/C26H40O11/c1-15(10-12-27)6-5-7-17(3)24(33)35-13-11-16(2)19(29)9-8-18(4)25(34)37-26-23(32)22(31)21(30)20(14-28)36-26/h7-8,10-11,19-23,26-32H,5-6,9,12-14H2,1-4H3/b15-10+,16-11+,17-7+,18-8+/t19-,20-,21-,22+,23-,26+/m1/s1. The van der Waals surface area contributed by atoms with Gasteiger partial charge < -0.3 is 44.8 Å². The summed E-state index contributed by atoms with van der Waals surface area (Å²) in [6, 6.07) is 0. The lowest BCUT2D eigenvalue weighted by molar-refractivity contribution is -0.291. The van der Waals surface area contributed by atoms with E-state index in [9.17, 15) is 35.1 Å². The normalized spacial score (nSPS) is 26.6. The number of aliphatic hydroxyl groups is 6. The van der Waals surface area contributed by atoms with Gasteiger partial charge in [0.2, 0.25) is 6.29 Å². The van der Waals surface area contributed by atoms with Gasteiger partial charge in [0.1, 0.15) is 31.0 Å². The van der Waals surface area contributed by atoms with Crippen molar-refractivity contribution in [3.05, 3.63) is 46.6 Å². The molecule has 37 heavy (non-hydrogen) atoms. The molecule has 0 bridgehead atoms. The lowest BCUT2D eigenvalue weighted by Crippen LogP contribution is -2.59. The molecule has 210 valence electrons. The fourth-order valence-electron chi connectivity index (χ4n) is 3.28. The number of carbonyl (C=O) groups is 2. The van der Waals surface area contributed by atoms with Crippen molar-refractivity contribution in [1.82, 2.24) is 0 Å². The van der Waals surface area contributed by atoms with Gasteiger partial charge in [0.05, 0.1) is 19.3 Å². The molecule has 1 aliphatic heterocycles. The zero-order valence-electron chi connectivity index (χ0n) is 21.7. The Hall–Kier alpha value is -2.38. The highest BCUT2D eigenvalue weighted by molar-refractivity contribution is 5.88. The van der Waals surface area contributed by atoms with Crippen molar-refractivity contribution in [2.75, 3.05) is 19.8 Å². The summed E-state index contributed by atoms with van der Waals surface area (Å²) >= 11 is 0. The summed E-state index contributed by atoms with van der Waals surface area (Å²) in [6.45, 7) is 5.91. The summed E-state index contributed by atoms with van der Waals surface area (Å²) in [5.41, 5.74) is 2.10. The van der Waals surface area contributed by atoms with Crippen LogP contribution in [0, 0.1) is 0 Å². The second-order valence-electron chi connectivity index (χ2n) is 8.95. The van der Waals surface area contributed by atoms with E-state index < -0.39 is 55.4 Å². The zero-order chi connectivity index (χ0) is 28.1. The second kappa shape index (κ2) is 16.5. The van der Waals surface area contributed by atoms with Gasteiger partial charge in [-0.1, -0.05) is 23.8 Å². The first-order chi connectivity index (χ1) is 17.4. The van der Waals surface area contributed by atoms with Gasteiger partial charge in [0.15, 0.2) is 0 Å². The number of allylic oxidation sites excluding steroid dienone is 2. The van der Waals surface area contributed by atoms with Crippen molar-refractivity contribution in [3.8, 4) is 0 Å². The fourth-order valence-corrected chi connectivity index (χ4v) is 3.28.